The van der Waals surface area contributed by atoms with Crippen molar-refractivity contribution in [3.8, 4) is 0 Å². The van der Waals surface area contributed by atoms with Crippen molar-refractivity contribution in [3.63, 3.8) is 0 Å². The number of anilines is 1. The van der Waals surface area contributed by atoms with E-state index in [4.69, 9.17) is 0 Å². The molecule has 6 heteroatoms. The first-order chi connectivity index (χ1) is 13.6. The number of rotatable bonds is 4. The van der Waals surface area contributed by atoms with Crippen LogP contribution in [0.4, 0.5) is 5.00 Å². The number of hydrogen-bond donors (Lipinski definition) is 2. The Morgan fingerprint density at radius 1 is 1.43 bits per heavy atom. The van der Waals surface area contributed by atoms with Gasteiger partial charge in [0.1, 0.15) is 5.00 Å². The van der Waals surface area contributed by atoms with Crippen LogP contribution >= 0.6 is 11.5 Å². The van der Waals surface area contributed by atoms with Gasteiger partial charge in [0.2, 0.25) is 5.91 Å². The van der Waals surface area contributed by atoms with Crippen molar-refractivity contribution in [1.82, 2.24) is 14.3 Å². The number of fused-ring (bicyclic) bond motifs is 2. The maximum absolute atomic E-state index is 12.4. The summed E-state index contributed by atoms with van der Waals surface area (Å²) >= 11 is 1.35. The van der Waals surface area contributed by atoms with Crippen LogP contribution in [0.25, 0.3) is 10.9 Å². The second-order valence-electron chi connectivity index (χ2n) is 8.42. The molecule has 3 atom stereocenters. The summed E-state index contributed by atoms with van der Waals surface area (Å²) in [7, 11) is 2.25. The van der Waals surface area contributed by atoms with Gasteiger partial charge in [0.15, 0.2) is 0 Å². The van der Waals surface area contributed by atoms with Crippen LogP contribution < -0.4 is 5.32 Å². The van der Waals surface area contributed by atoms with E-state index in [1.165, 1.54) is 40.0 Å². The first-order valence-corrected chi connectivity index (χ1v) is 10.9. The van der Waals surface area contributed by atoms with Gasteiger partial charge < -0.3 is 15.2 Å². The molecule has 5 nitrogen and oxygen atoms in total. The maximum atomic E-state index is 12.4. The maximum Gasteiger partial charge on any atom is 0.225 e. The Kier molecular flexibility index (Phi) is 4.48. The highest BCUT2D eigenvalue weighted by atomic mass is 32.1. The first-order valence-electron chi connectivity index (χ1n) is 10.1. The van der Waals surface area contributed by atoms with Crippen molar-refractivity contribution in [2.24, 2.45) is 5.92 Å². The molecule has 0 spiro atoms. The van der Waals surface area contributed by atoms with E-state index in [2.05, 4.69) is 51.0 Å². The van der Waals surface area contributed by atoms with Crippen LogP contribution in [0.3, 0.4) is 0 Å². The molecule has 1 fully saturated rings. The third-order valence-corrected chi connectivity index (χ3v) is 7.28. The fraction of sp³-hybridized carbons (Fsp3) is 0.455. The van der Waals surface area contributed by atoms with Crippen molar-refractivity contribution in [1.29, 1.82) is 0 Å². The second-order valence-corrected chi connectivity index (χ2v) is 9.23. The van der Waals surface area contributed by atoms with Gasteiger partial charge in [-0.15, -0.1) is 0 Å². The Labute approximate surface area is 169 Å². The van der Waals surface area contributed by atoms with Gasteiger partial charge in [-0.25, -0.2) is 0 Å². The number of benzene rings is 1. The van der Waals surface area contributed by atoms with E-state index >= 15 is 0 Å². The number of carbonyl (C=O) groups excluding carboxylic acids is 1. The summed E-state index contributed by atoms with van der Waals surface area (Å²) in [5, 5.41) is 5.28. The van der Waals surface area contributed by atoms with Crippen LogP contribution in [0, 0.1) is 12.8 Å². The monoisotopic (exact) mass is 394 g/mol. The van der Waals surface area contributed by atoms with E-state index in [9.17, 15) is 4.79 Å². The highest BCUT2D eigenvalue weighted by Gasteiger charge is 2.39. The fourth-order valence-electron chi connectivity index (χ4n) is 5.22. The standard InChI is InChI=1S/C22H26N4OS/c1-13-8-21(28-25-13)24-20(27)7-6-14-9-17-16-4-3-5-18-22(16)15(11-23-18)10-19(17)26(2)12-14/h3-5,8,11,14,17,19,23H,6-7,9-10,12H2,1-2H3,(H,24,27)/t14-,17-,19-/m1/s1. The third kappa shape index (κ3) is 3.14. The lowest BCUT2D eigenvalue weighted by molar-refractivity contribution is -0.116. The van der Waals surface area contributed by atoms with Crippen LogP contribution in [0.5, 0.6) is 0 Å². The minimum absolute atomic E-state index is 0.104. The number of carbonyl (C=O) groups is 1. The Morgan fingerprint density at radius 2 is 2.32 bits per heavy atom. The van der Waals surface area contributed by atoms with Crippen molar-refractivity contribution in [2.45, 2.75) is 44.6 Å². The summed E-state index contributed by atoms with van der Waals surface area (Å²) in [6.07, 6.45) is 6.00. The number of nitrogens with one attached hydrogen (secondary N) is 2. The summed E-state index contributed by atoms with van der Waals surface area (Å²) in [6, 6.07) is 9.16. The Balaban J connectivity index is 1.28. The number of amides is 1. The van der Waals surface area contributed by atoms with E-state index in [0.29, 0.717) is 24.3 Å². The smallest absolute Gasteiger partial charge is 0.225 e. The summed E-state index contributed by atoms with van der Waals surface area (Å²) in [4.78, 5) is 18.3. The highest BCUT2D eigenvalue weighted by Crippen LogP contribution is 2.45. The third-order valence-electron chi connectivity index (χ3n) is 6.48. The predicted octanol–water partition coefficient (Wildman–Crippen LogP) is 4.31. The molecule has 1 aliphatic carbocycles. The van der Waals surface area contributed by atoms with Gasteiger partial charge in [-0.1, -0.05) is 12.1 Å². The van der Waals surface area contributed by atoms with E-state index in [0.717, 1.165) is 30.1 Å². The lowest BCUT2D eigenvalue weighted by Crippen LogP contribution is -2.47. The van der Waals surface area contributed by atoms with Crippen LogP contribution in [0.15, 0.2) is 30.5 Å². The number of aromatic nitrogens is 2. The van der Waals surface area contributed by atoms with Crippen LogP contribution in [0.2, 0.25) is 0 Å². The average molecular weight is 395 g/mol. The Bertz CT molecular complexity index is 1020. The minimum atomic E-state index is 0.104. The lowest BCUT2D eigenvalue weighted by Gasteiger charge is -2.45. The zero-order chi connectivity index (χ0) is 19.3. The van der Waals surface area contributed by atoms with Gasteiger partial charge in [0.05, 0.1) is 5.69 Å². The molecular formula is C22H26N4OS. The van der Waals surface area contributed by atoms with Gasteiger partial charge >= 0.3 is 0 Å². The minimum Gasteiger partial charge on any atom is -0.361 e. The van der Waals surface area contributed by atoms with E-state index < -0.39 is 0 Å². The van der Waals surface area contributed by atoms with Crippen LogP contribution in [0.1, 0.15) is 42.0 Å². The molecule has 146 valence electrons. The molecule has 1 amide bonds. The number of aromatic amines is 1. The highest BCUT2D eigenvalue weighted by molar-refractivity contribution is 7.10. The van der Waals surface area contributed by atoms with Gasteiger partial charge in [-0.3, -0.25) is 4.79 Å². The normalized spacial score (nSPS) is 24.3. The van der Waals surface area contributed by atoms with Gasteiger partial charge in [-0.2, -0.15) is 4.37 Å². The zero-order valence-electron chi connectivity index (χ0n) is 16.4. The van der Waals surface area contributed by atoms with E-state index in [1.54, 1.807) is 0 Å². The SMILES string of the molecule is Cc1cc(NC(=O)CC[C@@H]2C[C@@H]3c4cccc5[nH]cc(c45)C[C@H]3N(C)C2)sn1. The molecule has 1 saturated heterocycles. The summed E-state index contributed by atoms with van der Waals surface area (Å²) in [5.74, 6) is 1.21. The number of nitrogens with zero attached hydrogens (tertiary/aromatic N) is 2. The fourth-order valence-corrected chi connectivity index (χ4v) is 5.90. The van der Waals surface area contributed by atoms with Gasteiger partial charge in [0.25, 0.3) is 0 Å². The topological polar surface area (TPSA) is 61.0 Å². The van der Waals surface area contributed by atoms with Crippen molar-refractivity contribution < 1.29 is 4.79 Å². The van der Waals surface area contributed by atoms with Gasteiger partial charge in [-0.05, 0) is 73.9 Å². The summed E-state index contributed by atoms with van der Waals surface area (Å²) in [5.41, 5.74) is 5.16. The Hall–Kier alpha value is -2.18. The quantitative estimate of drug-likeness (QED) is 0.693. The molecule has 2 aromatic heterocycles. The number of likely N-dealkylation sites (tertiary alicyclic amines) is 1. The number of piperidine rings is 1. The number of likely N-dealkylation sites (N-methyl/N-ethyl adjacent to an activating group) is 1. The number of hydrogen-bond acceptors (Lipinski definition) is 4. The molecule has 2 aliphatic rings. The molecule has 0 unspecified atom stereocenters. The Morgan fingerprint density at radius 3 is 3.14 bits per heavy atom. The molecule has 0 radical (unpaired) electrons. The molecule has 3 aromatic rings. The second kappa shape index (κ2) is 7.01. The molecule has 1 aromatic carbocycles. The molecule has 3 heterocycles. The summed E-state index contributed by atoms with van der Waals surface area (Å²) in [6.45, 7) is 3.02. The molecular weight excluding hydrogens is 368 g/mol. The van der Waals surface area contributed by atoms with Crippen molar-refractivity contribution in [3.05, 3.63) is 47.3 Å². The number of aryl methyl sites for hydroxylation is 1. The van der Waals surface area contributed by atoms with Crippen LogP contribution in [-0.2, 0) is 11.2 Å². The molecule has 0 saturated carbocycles. The van der Waals surface area contributed by atoms with Crippen molar-refractivity contribution >= 4 is 33.3 Å². The van der Waals surface area contributed by atoms with E-state index in [1.807, 2.05) is 13.0 Å². The molecule has 0 bridgehead atoms. The van der Waals surface area contributed by atoms with Crippen LogP contribution in [-0.4, -0.2) is 39.8 Å². The number of H-pyrrole nitrogens is 1. The molecule has 28 heavy (non-hydrogen) atoms. The van der Waals surface area contributed by atoms with Gasteiger partial charge in [0, 0.05) is 42.0 Å². The molecule has 1 aliphatic heterocycles. The first kappa shape index (κ1) is 17.9. The molecule has 5 rings (SSSR count). The average Bonchev–Trinajstić information content (AvgIpc) is 3.28. The largest absolute Gasteiger partial charge is 0.361 e. The predicted molar refractivity (Wildman–Crippen MR) is 114 cm³/mol. The summed E-state index contributed by atoms with van der Waals surface area (Å²) < 4.78 is 4.22. The van der Waals surface area contributed by atoms with E-state index in [-0.39, 0.29) is 5.91 Å². The molecule has 2 N–H and O–H groups in total. The van der Waals surface area contributed by atoms with Crippen molar-refractivity contribution in [2.75, 3.05) is 18.9 Å². The zero-order valence-corrected chi connectivity index (χ0v) is 17.2. The lowest BCUT2D eigenvalue weighted by atomic mass is 9.71.